The van der Waals surface area contributed by atoms with Gasteiger partial charge in [-0.1, -0.05) is 85.0 Å². The summed E-state index contributed by atoms with van der Waals surface area (Å²) in [5.41, 5.74) is -0.198. The van der Waals surface area contributed by atoms with Crippen LogP contribution in [0.3, 0.4) is 0 Å². The Morgan fingerprint density at radius 3 is 2.51 bits per heavy atom. The number of carbonyl (C=O) groups is 4. The Morgan fingerprint density at radius 1 is 0.957 bits per heavy atom. The fourth-order valence-corrected chi connectivity index (χ4v) is 7.51. The normalized spacial score (nSPS) is 30.7. The number of hydrogen-bond donors (Lipinski definition) is 2. The van der Waals surface area contributed by atoms with Gasteiger partial charge in [-0.25, -0.2) is 0 Å². The fraction of sp³-hybridized carbons (Fsp3) is 0.351. The number of cyclic esters (lactones) is 1. The van der Waals surface area contributed by atoms with Crippen LogP contribution in [0.15, 0.2) is 97.1 Å². The first-order valence-electron chi connectivity index (χ1n) is 16.1. The third-order valence-electron chi connectivity index (χ3n) is 9.72. The number of aliphatic hydroxyl groups is 1. The van der Waals surface area contributed by atoms with E-state index >= 15 is 4.79 Å². The third-order valence-corrected chi connectivity index (χ3v) is 9.72. The minimum Gasteiger partial charge on any atom is -0.460 e. The summed E-state index contributed by atoms with van der Waals surface area (Å²) < 4.78 is 12.3. The number of nitrogens with one attached hydrogen (secondary N) is 1. The number of anilines is 1. The van der Waals surface area contributed by atoms with Gasteiger partial charge in [-0.05, 0) is 41.8 Å². The van der Waals surface area contributed by atoms with Crippen LogP contribution < -0.4 is 10.2 Å². The maximum atomic E-state index is 15.2. The predicted octanol–water partition coefficient (Wildman–Crippen LogP) is 3.45. The molecule has 4 aliphatic rings. The highest BCUT2D eigenvalue weighted by molar-refractivity contribution is 6.06. The molecule has 4 heterocycles. The maximum absolute atomic E-state index is 15.2. The van der Waals surface area contributed by atoms with E-state index in [0.717, 1.165) is 10.8 Å². The molecule has 2 fully saturated rings. The van der Waals surface area contributed by atoms with Gasteiger partial charge in [0.1, 0.15) is 23.7 Å². The Hall–Kier alpha value is -4.80. The van der Waals surface area contributed by atoms with Crippen molar-refractivity contribution in [1.29, 1.82) is 0 Å². The largest absolute Gasteiger partial charge is 0.460 e. The van der Waals surface area contributed by atoms with Crippen LogP contribution in [0.2, 0.25) is 0 Å². The quantitative estimate of drug-likeness (QED) is 0.332. The zero-order chi connectivity index (χ0) is 32.7. The second-order valence-electron chi connectivity index (χ2n) is 12.6. The standard InChI is InChI=1S/C37H37N3O7/c1-23-21-38-30(42)14-6-3-9-19-39(27-16-15-24-10-7-8-13-26(24)20-27)35(44)33-37-18-17-29(47-37)31(36(45)46-23)32(37)34(43)40(33)28(22-41)25-11-4-2-5-12-25/h2-5,7-13,15-18,20,23,28-29,31-33,41H,6,14,19,21-22H2,1H3,(H,38,42)/b9-3-/t23-,28+,29+,31-,32-,33+,37-/m0/s1. The number of amides is 3. The lowest BCUT2D eigenvalue weighted by atomic mass is 9.74. The van der Waals surface area contributed by atoms with E-state index in [-0.39, 0.29) is 25.4 Å². The van der Waals surface area contributed by atoms with Crippen LogP contribution in [0, 0.1) is 11.8 Å². The van der Waals surface area contributed by atoms with E-state index in [1.807, 2.05) is 72.8 Å². The van der Waals surface area contributed by atoms with Gasteiger partial charge >= 0.3 is 5.97 Å². The number of likely N-dealkylation sites (tertiary alicyclic amines) is 1. The first-order chi connectivity index (χ1) is 22.8. The molecule has 3 aromatic carbocycles. The summed E-state index contributed by atoms with van der Waals surface area (Å²) in [6, 6.07) is 20.6. The lowest BCUT2D eigenvalue weighted by Gasteiger charge is -2.39. The highest BCUT2D eigenvalue weighted by Crippen LogP contribution is 2.57. The molecule has 7 atom stereocenters. The van der Waals surface area contributed by atoms with Crippen molar-refractivity contribution in [3.8, 4) is 0 Å². The van der Waals surface area contributed by atoms with E-state index in [1.165, 1.54) is 4.90 Å². The van der Waals surface area contributed by atoms with Gasteiger partial charge in [-0.15, -0.1) is 0 Å². The molecule has 10 heteroatoms. The van der Waals surface area contributed by atoms with Crippen molar-refractivity contribution in [1.82, 2.24) is 10.2 Å². The number of benzene rings is 3. The number of fused-ring (bicyclic) bond motifs is 3. The number of nitrogens with zero attached hydrogens (tertiary/aromatic N) is 2. The van der Waals surface area contributed by atoms with Crippen molar-refractivity contribution in [3.63, 3.8) is 0 Å². The van der Waals surface area contributed by atoms with Gasteiger partial charge in [0, 0.05) is 18.7 Å². The van der Waals surface area contributed by atoms with E-state index in [1.54, 1.807) is 36.1 Å². The summed E-state index contributed by atoms with van der Waals surface area (Å²) in [6.07, 6.45) is 6.43. The van der Waals surface area contributed by atoms with Crippen molar-refractivity contribution < 1.29 is 33.8 Å². The van der Waals surface area contributed by atoms with Gasteiger partial charge in [0.05, 0.1) is 31.2 Å². The smallest absolute Gasteiger partial charge is 0.313 e. The van der Waals surface area contributed by atoms with Crippen molar-refractivity contribution in [2.45, 2.75) is 49.7 Å². The van der Waals surface area contributed by atoms with Crippen molar-refractivity contribution >= 4 is 40.2 Å². The van der Waals surface area contributed by atoms with Crippen LogP contribution in [0.5, 0.6) is 0 Å². The van der Waals surface area contributed by atoms with Crippen LogP contribution in [0.4, 0.5) is 5.69 Å². The van der Waals surface area contributed by atoms with Gasteiger partial charge in [0.15, 0.2) is 0 Å². The van der Waals surface area contributed by atoms with Crippen LogP contribution in [-0.2, 0) is 28.7 Å². The first kappa shape index (κ1) is 30.8. The van der Waals surface area contributed by atoms with Gasteiger partial charge in [0.25, 0.3) is 5.91 Å². The molecule has 0 radical (unpaired) electrons. The lowest BCUT2D eigenvalue weighted by Crippen LogP contribution is -2.57. The second-order valence-corrected chi connectivity index (χ2v) is 12.6. The molecule has 10 nitrogen and oxygen atoms in total. The summed E-state index contributed by atoms with van der Waals surface area (Å²) in [4.78, 5) is 59.2. The Kier molecular flexibility index (Phi) is 8.15. The monoisotopic (exact) mass is 635 g/mol. The van der Waals surface area contributed by atoms with Gasteiger partial charge in [0.2, 0.25) is 11.8 Å². The topological polar surface area (TPSA) is 125 Å². The molecule has 242 valence electrons. The second kappa shape index (κ2) is 12.4. The number of aliphatic hydroxyl groups excluding tert-OH is 1. The molecular formula is C37H37N3O7. The van der Waals surface area contributed by atoms with Crippen LogP contribution in [0.25, 0.3) is 10.8 Å². The zero-order valence-electron chi connectivity index (χ0n) is 26.0. The number of ether oxygens (including phenoxy) is 2. The Balaban J connectivity index is 1.38. The van der Waals surface area contributed by atoms with Gasteiger partial charge < -0.3 is 29.7 Å². The summed E-state index contributed by atoms with van der Waals surface area (Å²) in [5.74, 6) is -3.75. The molecule has 0 aliphatic carbocycles. The van der Waals surface area contributed by atoms with Crippen molar-refractivity contribution in [2.24, 2.45) is 11.8 Å². The molecule has 0 aromatic heterocycles. The van der Waals surface area contributed by atoms with Gasteiger partial charge in [-0.3, -0.25) is 19.2 Å². The highest BCUT2D eigenvalue weighted by Gasteiger charge is 2.74. The SMILES string of the molecule is C[C@H]1CNC(=O)CC/C=C\CN(c2ccc3ccccc3c2)C(=O)[C@H]2N([C@H](CO)c3ccccc3)C(=O)[C@@H]3[C@@H](C(=O)O1)[C@H]1C=C[C@]32O1. The predicted molar refractivity (Wildman–Crippen MR) is 174 cm³/mol. The van der Waals surface area contributed by atoms with Gasteiger partial charge in [-0.2, -0.15) is 0 Å². The summed E-state index contributed by atoms with van der Waals surface area (Å²) in [5, 5.41) is 15.6. The average molecular weight is 636 g/mol. The number of esters is 1. The molecule has 2 saturated heterocycles. The third kappa shape index (κ3) is 5.31. The molecule has 47 heavy (non-hydrogen) atoms. The molecule has 7 rings (SSSR count). The van der Waals surface area contributed by atoms with E-state index in [2.05, 4.69) is 5.32 Å². The van der Waals surface area contributed by atoms with E-state index in [0.29, 0.717) is 17.7 Å². The molecular weight excluding hydrogens is 598 g/mol. The molecule has 3 amide bonds. The van der Waals surface area contributed by atoms with Crippen LogP contribution in [0.1, 0.15) is 31.4 Å². The zero-order valence-corrected chi connectivity index (χ0v) is 26.0. The van der Waals surface area contributed by atoms with Crippen LogP contribution in [-0.4, -0.2) is 77.2 Å². The first-order valence-corrected chi connectivity index (χ1v) is 16.1. The lowest BCUT2D eigenvalue weighted by molar-refractivity contribution is -0.159. The summed E-state index contributed by atoms with van der Waals surface area (Å²) >= 11 is 0. The van der Waals surface area contributed by atoms with Crippen molar-refractivity contribution in [3.05, 3.63) is 103 Å². The summed E-state index contributed by atoms with van der Waals surface area (Å²) in [6.45, 7) is 1.51. The number of allylic oxidation sites excluding steroid dienone is 1. The highest BCUT2D eigenvalue weighted by atomic mass is 16.6. The number of rotatable bonds is 4. The Labute approximate surface area is 272 Å². The summed E-state index contributed by atoms with van der Waals surface area (Å²) in [7, 11) is 0. The molecule has 5 bridgehead atoms. The minimum atomic E-state index is -1.46. The van der Waals surface area contributed by atoms with Crippen LogP contribution >= 0.6 is 0 Å². The number of hydrogen-bond acceptors (Lipinski definition) is 7. The van der Waals surface area contributed by atoms with Crippen molar-refractivity contribution in [2.75, 3.05) is 24.6 Å². The molecule has 3 aromatic rings. The molecule has 4 aliphatic heterocycles. The average Bonchev–Trinajstić information content (AvgIpc) is 3.73. The Morgan fingerprint density at radius 2 is 1.72 bits per heavy atom. The van der Waals surface area contributed by atoms with E-state index in [9.17, 15) is 19.5 Å². The maximum Gasteiger partial charge on any atom is 0.313 e. The molecule has 0 unspecified atom stereocenters. The minimum absolute atomic E-state index is 0.121. The Bertz CT molecular complexity index is 1770. The molecule has 2 N–H and O–H groups in total. The van der Waals surface area contributed by atoms with E-state index < -0.39 is 66.1 Å². The fourth-order valence-electron chi connectivity index (χ4n) is 7.51. The molecule has 0 saturated carbocycles. The number of carbonyl (C=O) groups excluding carboxylic acids is 4. The van der Waals surface area contributed by atoms with E-state index in [4.69, 9.17) is 9.47 Å². The molecule has 1 spiro atoms.